The third kappa shape index (κ3) is 6.51. The number of rotatable bonds is 6. The molecule has 0 atom stereocenters. The largest absolute Gasteiger partial charge is 0.508 e. The standard InChI is InChI=1S/C13H19NO3S/c1-13(2,18)9-12(16)14-17-8-7-10-3-5-11(15)6-4-10/h3-6,15,18H,7-9H2,1-2H3,(H,14,16). The molecule has 0 bridgehead atoms. The van der Waals surface area contributed by atoms with Crippen LogP contribution in [0.1, 0.15) is 25.8 Å². The fourth-order valence-electron chi connectivity index (χ4n) is 1.39. The molecule has 0 heterocycles. The van der Waals surface area contributed by atoms with Crippen molar-refractivity contribution in [2.75, 3.05) is 6.61 Å². The molecule has 1 rings (SSSR count). The number of amides is 1. The van der Waals surface area contributed by atoms with Gasteiger partial charge in [0.05, 0.1) is 6.61 Å². The van der Waals surface area contributed by atoms with Crippen LogP contribution in [-0.4, -0.2) is 22.4 Å². The highest BCUT2D eigenvalue weighted by molar-refractivity contribution is 7.81. The van der Waals surface area contributed by atoms with Crippen molar-refractivity contribution in [3.63, 3.8) is 0 Å². The van der Waals surface area contributed by atoms with Crippen molar-refractivity contribution in [1.82, 2.24) is 5.48 Å². The normalized spacial score (nSPS) is 11.3. The molecule has 0 spiro atoms. The van der Waals surface area contributed by atoms with Gasteiger partial charge >= 0.3 is 0 Å². The van der Waals surface area contributed by atoms with Crippen molar-refractivity contribution in [3.05, 3.63) is 29.8 Å². The summed E-state index contributed by atoms with van der Waals surface area (Å²) in [7, 11) is 0. The van der Waals surface area contributed by atoms with Gasteiger partial charge in [0.15, 0.2) is 0 Å². The van der Waals surface area contributed by atoms with Crippen LogP contribution in [0.2, 0.25) is 0 Å². The van der Waals surface area contributed by atoms with E-state index in [0.717, 1.165) is 5.56 Å². The van der Waals surface area contributed by atoms with Crippen LogP contribution in [-0.2, 0) is 16.1 Å². The summed E-state index contributed by atoms with van der Waals surface area (Å²) in [6, 6.07) is 6.88. The molecule has 0 aliphatic carbocycles. The molecule has 0 radical (unpaired) electrons. The molecule has 0 fully saturated rings. The number of aromatic hydroxyl groups is 1. The molecule has 100 valence electrons. The number of hydrogen-bond donors (Lipinski definition) is 3. The van der Waals surface area contributed by atoms with Gasteiger partial charge in [0.2, 0.25) is 5.91 Å². The zero-order valence-corrected chi connectivity index (χ0v) is 11.5. The Morgan fingerprint density at radius 3 is 2.56 bits per heavy atom. The van der Waals surface area contributed by atoms with Crippen molar-refractivity contribution in [2.45, 2.75) is 31.4 Å². The van der Waals surface area contributed by atoms with E-state index in [0.29, 0.717) is 19.4 Å². The van der Waals surface area contributed by atoms with Crippen molar-refractivity contribution in [3.8, 4) is 5.75 Å². The first-order chi connectivity index (χ1) is 8.37. The van der Waals surface area contributed by atoms with E-state index in [2.05, 4.69) is 18.1 Å². The molecule has 4 nitrogen and oxygen atoms in total. The summed E-state index contributed by atoms with van der Waals surface area (Å²) in [6.07, 6.45) is 0.972. The number of nitrogens with one attached hydrogen (secondary N) is 1. The van der Waals surface area contributed by atoms with Gasteiger partial charge in [0.1, 0.15) is 5.75 Å². The summed E-state index contributed by atoms with van der Waals surface area (Å²) in [5.74, 6) is 0.0599. The number of carbonyl (C=O) groups is 1. The zero-order valence-electron chi connectivity index (χ0n) is 10.6. The Bertz CT molecular complexity index is 384. The van der Waals surface area contributed by atoms with Gasteiger partial charge < -0.3 is 5.11 Å². The van der Waals surface area contributed by atoms with Crippen LogP contribution >= 0.6 is 12.6 Å². The highest BCUT2D eigenvalue weighted by Crippen LogP contribution is 2.16. The van der Waals surface area contributed by atoms with Crippen LogP contribution in [0.25, 0.3) is 0 Å². The number of phenols is 1. The van der Waals surface area contributed by atoms with Crippen LogP contribution < -0.4 is 5.48 Å². The second-order valence-corrected chi connectivity index (χ2v) is 5.99. The molecule has 0 unspecified atom stereocenters. The van der Waals surface area contributed by atoms with E-state index in [1.165, 1.54) is 0 Å². The SMILES string of the molecule is CC(C)(S)CC(=O)NOCCc1ccc(O)cc1. The Hall–Kier alpha value is -1.20. The topological polar surface area (TPSA) is 58.6 Å². The molecular formula is C13H19NO3S. The molecule has 0 aromatic heterocycles. The Morgan fingerprint density at radius 1 is 1.39 bits per heavy atom. The molecule has 0 aliphatic heterocycles. The fraction of sp³-hybridized carbons (Fsp3) is 0.462. The van der Waals surface area contributed by atoms with E-state index in [-0.39, 0.29) is 16.4 Å². The highest BCUT2D eigenvalue weighted by atomic mass is 32.1. The monoisotopic (exact) mass is 269 g/mol. The van der Waals surface area contributed by atoms with E-state index in [1.54, 1.807) is 12.1 Å². The Kier molecular flexibility index (Phi) is 5.50. The summed E-state index contributed by atoms with van der Waals surface area (Å²) < 4.78 is -0.343. The summed E-state index contributed by atoms with van der Waals surface area (Å²) in [4.78, 5) is 16.5. The Balaban J connectivity index is 2.19. The number of thiol groups is 1. The molecule has 2 N–H and O–H groups in total. The zero-order chi connectivity index (χ0) is 13.6. The summed E-state index contributed by atoms with van der Waals surface area (Å²) in [5.41, 5.74) is 3.42. The maximum Gasteiger partial charge on any atom is 0.244 e. The van der Waals surface area contributed by atoms with Crippen molar-refractivity contribution < 1.29 is 14.7 Å². The molecule has 18 heavy (non-hydrogen) atoms. The molecule has 0 aliphatic rings. The first kappa shape index (κ1) is 14.9. The second-order valence-electron chi connectivity index (χ2n) is 4.78. The smallest absolute Gasteiger partial charge is 0.244 e. The Morgan fingerprint density at radius 2 is 2.00 bits per heavy atom. The molecular weight excluding hydrogens is 250 g/mol. The van der Waals surface area contributed by atoms with Gasteiger partial charge in [-0.15, -0.1) is 0 Å². The average molecular weight is 269 g/mol. The minimum absolute atomic E-state index is 0.180. The van der Waals surface area contributed by atoms with Gasteiger partial charge in [-0.1, -0.05) is 26.0 Å². The van der Waals surface area contributed by atoms with Crippen LogP contribution in [0.3, 0.4) is 0 Å². The quantitative estimate of drug-likeness (QED) is 0.421. The molecule has 1 amide bonds. The van der Waals surface area contributed by atoms with Crippen molar-refractivity contribution in [2.24, 2.45) is 0 Å². The number of carbonyl (C=O) groups excluding carboxylic acids is 1. The predicted octanol–water partition coefficient (Wildman–Crippen LogP) is 2.08. The van der Waals surface area contributed by atoms with E-state index >= 15 is 0 Å². The maximum atomic E-state index is 11.4. The minimum Gasteiger partial charge on any atom is -0.508 e. The second kappa shape index (κ2) is 6.66. The van der Waals surface area contributed by atoms with Gasteiger partial charge in [-0.25, -0.2) is 5.48 Å². The van der Waals surface area contributed by atoms with Crippen LogP contribution in [0, 0.1) is 0 Å². The number of hydroxylamine groups is 1. The third-order valence-corrected chi connectivity index (χ3v) is 2.37. The lowest BCUT2D eigenvalue weighted by Gasteiger charge is -2.16. The van der Waals surface area contributed by atoms with Crippen LogP contribution in [0.5, 0.6) is 5.75 Å². The number of hydrogen-bond acceptors (Lipinski definition) is 4. The minimum atomic E-state index is -0.343. The highest BCUT2D eigenvalue weighted by Gasteiger charge is 2.16. The molecule has 1 aromatic carbocycles. The van der Waals surface area contributed by atoms with Crippen molar-refractivity contribution in [1.29, 1.82) is 0 Å². The fourth-order valence-corrected chi connectivity index (χ4v) is 1.54. The first-order valence-electron chi connectivity index (χ1n) is 5.78. The third-order valence-electron chi connectivity index (χ3n) is 2.21. The number of phenolic OH excluding ortho intramolecular Hbond substituents is 1. The lowest BCUT2D eigenvalue weighted by atomic mass is 10.1. The van der Waals surface area contributed by atoms with Gasteiger partial charge in [-0.3, -0.25) is 9.63 Å². The van der Waals surface area contributed by atoms with Gasteiger partial charge in [-0.2, -0.15) is 12.6 Å². The van der Waals surface area contributed by atoms with Gasteiger partial charge in [-0.05, 0) is 24.1 Å². The summed E-state index contributed by atoms with van der Waals surface area (Å²) in [5, 5.41) is 9.11. The summed E-state index contributed by atoms with van der Waals surface area (Å²) in [6.45, 7) is 4.13. The molecule has 0 saturated heterocycles. The van der Waals surface area contributed by atoms with E-state index in [4.69, 9.17) is 9.94 Å². The molecule has 0 saturated carbocycles. The predicted molar refractivity (Wildman–Crippen MR) is 73.6 cm³/mol. The summed E-state index contributed by atoms with van der Waals surface area (Å²) >= 11 is 4.27. The van der Waals surface area contributed by atoms with E-state index < -0.39 is 0 Å². The number of benzene rings is 1. The molecule has 5 heteroatoms. The van der Waals surface area contributed by atoms with Gasteiger partial charge in [0, 0.05) is 11.2 Å². The van der Waals surface area contributed by atoms with Crippen molar-refractivity contribution >= 4 is 18.5 Å². The maximum absolute atomic E-state index is 11.4. The lowest BCUT2D eigenvalue weighted by molar-refractivity contribution is -0.133. The van der Waals surface area contributed by atoms with E-state index in [1.807, 2.05) is 26.0 Å². The van der Waals surface area contributed by atoms with Crippen LogP contribution in [0.15, 0.2) is 24.3 Å². The van der Waals surface area contributed by atoms with Crippen LogP contribution in [0.4, 0.5) is 0 Å². The Labute approximate surface area is 113 Å². The van der Waals surface area contributed by atoms with Gasteiger partial charge in [0.25, 0.3) is 0 Å². The molecule has 1 aromatic rings. The average Bonchev–Trinajstić information content (AvgIpc) is 2.24. The first-order valence-corrected chi connectivity index (χ1v) is 6.22. The van der Waals surface area contributed by atoms with E-state index in [9.17, 15) is 4.79 Å². The lowest BCUT2D eigenvalue weighted by Crippen LogP contribution is -2.30.